The van der Waals surface area contributed by atoms with E-state index in [1.54, 1.807) is 0 Å². The lowest BCUT2D eigenvalue weighted by atomic mass is 9.89. The van der Waals surface area contributed by atoms with E-state index in [9.17, 15) is 4.79 Å². The molecule has 1 atom stereocenters. The molecule has 6 nitrogen and oxygen atoms in total. The highest BCUT2D eigenvalue weighted by molar-refractivity contribution is 5.74. The second-order valence-electron chi connectivity index (χ2n) is 7.47. The predicted octanol–water partition coefficient (Wildman–Crippen LogP) is 2.53. The lowest BCUT2D eigenvalue weighted by Crippen LogP contribution is -2.50. The van der Waals surface area contributed by atoms with E-state index in [1.807, 2.05) is 11.8 Å². The molecule has 0 radical (unpaired) electrons. The minimum atomic E-state index is -0.453. The molecule has 6 heteroatoms. The number of hydrogen-bond acceptors (Lipinski definition) is 3. The largest absolute Gasteiger partial charge is 0.354 e. The van der Waals surface area contributed by atoms with Gasteiger partial charge in [0.15, 0.2) is 5.79 Å². The number of carbonyl (C=O) groups is 1. The van der Waals surface area contributed by atoms with Crippen molar-refractivity contribution >= 4 is 6.03 Å². The van der Waals surface area contributed by atoms with Gasteiger partial charge in [-0.3, -0.25) is 0 Å². The third kappa shape index (κ3) is 4.36. The summed E-state index contributed by atoms with van der Waals surface area (Å²) in [7, 11) is 2.06. The molecule has 3 rings (SSSR count). The molecule has 0 aromatic carbocycles. The zero-order valence-corrected chi connectivity index (χ0v) is 15.7. The van der Waals surface area contributed by atoms with Crippen molar-refractivity contribution in [3.63, 3.8) is 0 Å². The molecule has 0 aliphatic carbocycles. The number of nitrogens with zero attached hydrogens (tertiary/aromatic N) is 2. The van der Waals surface area contributed by atoms with Crippen molar-refractivity contribution < 1.29 is 14.3 Å². The summed E-state index contributed by atoms with van der Waals surface area (Å²) in [5.41, 5.74) is 1.30. The monoisotopic (exact) mass is 349 g/mol. The molecule has 0 spiro atoms. The van der Waals surface area contributed by atoms with Crippen LogP contribution in [-0.4, -0.2) is 53.6 Å². The van der Waals surface area contributed by atoms with Crippen molar-refractivity contribution in [3.8, 4) is 0 Å². The summed E-state index contributed by atoms with van der Waals surface area (Å²) in [5, 5.41) is 3.14. The van der Waals surface area contributed by atoms with Crippen molar-refractivity contribution in [2.75, 3.05) is 26.3 Å². The number of likely N-dealkylation sites (tertiary alicyclic amines) is 1. The van der Waals surface area contributed by atoms with Crippen LogP contribution < -0.4 is 5.32 Å². The molecule has 0 saturated carbocycles. The van der Waals surface area contributed by atoms with Gasteiger partial charge in [0.05, 0.1) is 13.2 Å². The van der Waals surface area contributed by atoms with E-state index in [1.165, 1.54) is 5.69 Å². The van der Waals surface area contributed by atoms with Crippen LogP contribution >= 0.6 is 0 Å². The number of nitrogens with one attached hydrogen (secondary N) is 1. The van der Waals surface area contributed by atoms with Gasteiger partial charge in [0.25, 0.3) is 0 Å². The van der Waals surface area contributed by atoms with Gasteiger partial charge in [0, 0.05) is 44.0 Å². The van der Waals surface area contributed by atoms with E-state index in [0.717, 1.165) is 38.8 Å². The number of aromatic nitrogens is 1. The van der Waals surface area contributed by atoms with Crippen molar-refractivity contribution in [1.82, 2.24) is 14.8 Å². The standard InChI is InChI=1S/C19H31N3O3/c1-15(6-7-17-5-4-10-21(17)3)20-18(23)22-11-8-16(9-12-22)19(2)24-13-14-25-19/h4-5,10,15-16H,6-9,11-14H2,1-3H3,(H,20,23)/t15-/m0/s1. The average molecular weight is 349 g/mol. The fourth-order valence-electron chi connectivity index (χ4n) is 3.87. The summed E-state index contributed by atoms with van der Waals surface area (Å²) >= 11 is 0. The molecule has 2 aliphatic rings. The van der Waals surface area contributed by atoms with E-state index in [0.29, 0.717) is 19.1 Å². The van der Waals surface area contributed by atoms with Crippen molar-refractivity contribution in [1.29, 1.82) is 0 Å². The highest BCUT2D eigenvalue weighted by Crippen LogP contribution is 2.34. The first-order chi connectivity index (χ1) is 12.0. The molecular formula is C19H31N3O3. The number of hydrogen-bond donors (Lipinski definition) is 1. The Balaban J connectivity index is 1.41. The summed E-state index contributed by atoms with van der Waals surface area (Å²) in [6, 6.07) is 4.41. The number of amides is 2. The highest BCUT2D eigenvalue weighted by atomic mass is 16.7. The summed E-state index contributed by atoms with van der Waals surface area (Å²) in [5.74, 6) is -0.0842. The lowest BCUT2D eigenvalue weighted by Gasteiger charge is -2.39. The summed E-state index contributed by atoms with van der Waals surface area (Å²) in [4.78, 5) is 14.4. The fraction of sp³-hybridized carbons (Fsp3) is 0.737. The molecule has 2 saturated heterocycles. The minimum absolute atomic E-state index is 0.0521. The fourth-order valence-corrected chi connectivity index (χ4v) is 3.87. The Hall–Kier alpha value is -1.53. The van der Waals surface area contributed by atoms with Crippen LogP contribution in [0.4, 0.5) is 4.79 Å². The maximum Gasteiger partial charge on any atom is 0.317 e. The van der Waals surface area contributed by atoms with Gasteiger partial charge in [-0.05, 0) is 51.7 Å². The molecule has 2 fully saturated rings. The minimum Gasteiger partial charge on any atom is -0.354 e. The van der Waals surface area contributed by atoms with Crippen molar-refractivity contribution in [3.05, 3.63) is 24.0 Å². The van der Waals surface area contributed by atoms with Crippen LogP contribution in [-0.2, 0) is 22.9 Å². The molecule has 3 heterocycles. The van der Waals surface area contributed by atoms with Gasteiger partial charge in [-0.1, -0.05) is 0 Å². The number of urea groups is 1. The Kier molecular flexibility index (Phi) is 5.69. The van der Waals surface area contributed by atoms with Crippen LogP contribution in [0.3, 0.4) is 0 Å². The average Bonchev–Trinajstić information content (AvgIpc) is 3.22. The van der Waals surface area contributed by atoms with Crippen molar-refractivity contribution in [2.24, 2.45) is 13.0 Å². The van der Waals surface area contributed by atoms with Gasteiger partial charge in [-0.2, -0.15) is 0 Å². The van der Waals surface area contributed by atoms with Crippen molar-refractivity contribution in [2.45, 2.75) is 51.4 Å². The van der Waals surface area contributed by atoms with Crippen LogP contribution in [0.15, 0.2) is 18.3 Å². The quantitative estimate of drug-likeness (QED) is 0.889. The number of carbonyl (C=O) groups excluding carboxylic acids is 1. The topological polar surface area (TPSA) is 55.7 Å². The molecule has 140 valence electrons. The molecule has 1 N–H and O–H groups in total. The van der Waals surface area contributed by atoms with Crippen LogP contribution in [0, 0.1) is 5.92 Å². The Morgan fingerprint density at radius 1 is 1.36 bits per heavy atom. The molecule has 0 unspecified atom stereocenters. The Labute approximate surface area is 150 Å². The molecule has 2 aliphatic heterocycles. The van der Waals surface area contributed by atoms with E-state index >= 15 is 0 Å². The Morgan fingerprint density at radius 3 is 2.64 bits per heavy atom. The molecule has 2 amide bonds. The first kappa shape index (κ1) is 18.3. The maximum absolute atomic E-state index is 12.5. The first-order valence-electron chi connectivity index (χ1n) is 9.41. The predicted molar refractivity (Wildman–Crippen MR) is 96.3 cm³/mol. The van der Waals surface area contributed by atoms with Gasteiger partial charge < -0.3 is 24.3 Å². The number of aryl methyl sites for hydroxylation is 2. The third-order valence-electron chi connectivity index (χ3n) is 5.64. The van der Waals surface area contributed by atoms with Crippen LogP contribution in [0.2, 0.25) is 0 Å². The van der Waals surface area contributed by atoms with Crippen LogP contribution in [0.5, 0.6) is 0 Å². The zero-order valence-electron chi connectivity index (χ0n) is 15.7. The molecule has 25 heavy (non-hydrogen) atoms. The Bertz CT molecular complexity index is 572. The lowest BCUT2D eigenvalue weighted by molar-refractivity contribution is -0.189. The number of piperidine rings is 1. The first-order valence-corrected chi connectivity index (χ1v) is 9.41. The summed E-state index contributed by atoms with van der Waals surface area (Å²) in [6.45, 7) is 7.00. The smallest absolute Gasteiger partial charge is 0.317 e. The third-order valence-corrected chi connectivity index (χ3v) is 5.64. The second kappa shape index (κ2) is 7.79. The molecule has 0 bridgehead atoms. The second-order valence-corrected chi connectivity index (χ2v) is 7.47. The number of ether oxygens (including phenoxy) is 2. The Morgan fingerprint density at radius 2 is 2.04 bits per heavy atom. The molecule has 1 aromatic heterocycles. The van der Waals surface area contributed by atoms with E-state index in [2.05, 4.69) is 42.2 Å². The van der Waals surface area contributed by atoms with Gasteiger partial charge >= 0.3 is 6.03 Å². The van der Waals surface area contributed by atoms with Gasteiger partial charge in [-0.25, -0.2) is 4.79 Å². The van der Waals surface area contributed by atoms with Gasteiger partial charge in [0.2, 0.25) is 0 Å². The maximum atomic E-state index is 12.5. The summed E-state index contributed by atoms with van der Waals surface area (Å²) < 4.78 is 13.7. The van der Waals surface area contributed by atoms with Gasteiger partial charge in [0.1, 0.15) is 0 Å². The molecule has 1 aromatic rings. The van der Waals surface area contributed by atoms with Crippen LogP contribution in [0.25, 0.3) is 0 Å². The zero-order chi connectivity index (χ0) is 17.9. The van der Waals surface area contributed by atoms with E-state index in [-0.39, 0.29) is 12.1 Å². The number of rotatable bonds is 5. The SMILES string of the molecule is C[C@@H](CCc1cccn1C)NC(=O)N1CCC(C2(C)OCCO2)CC1. The molecular weight excluding hydrogens is 318 g/mol. The van der Waals surface area contributed by atoms with E-state index in [4.69, 9.17) is 9.47 Å². The van der Waals surface area contributed by atoms with E-state index < -0.39 is 5.79 Å². The van der Waals surface area contributed by atoms with Gasteiger partial charge in [-0.15, -0.1) is 0 Å². The highest BCUT2D eigenvalue weighted by Gasteiger charge is 2.41. The van der Waals surface area contributed by atoms with Crippen LogP contribution in [0.1, 0.15) is 38.8 Å². The normalized spacial score (nSPS) is 22.1. The summed E-state index contributed by atoms with van der Waals surface area (Å²) in [6.07, 6.45) is 5.84.